The molecule has 0 aliphatic rings. The van der Waals surface area contributed by atoms with Gasteiger partial charge in [0, 0.05) is 0 Å². The number of halogens is 6. The lowest BCUT2D eigenvalue weighted by Crippen LogP contribution is -2.19. The Hall–Kier alpha value is 1.62. The summed E-state index contributed by atoms with van der Waals surface area (Å²) in [6.07, 6.45) is 0. The molecule has 0 aromatic heterocycles. The van der Waals surface area contributed by atoms with Gasteiger partial charge in [0.1, 0.15) is 9.67 Å². The van der Waals surface area contributed by atoms with Crippen LogP contribution in [0, 0.1) is 0 Å². The first-order chi connectivity index (χ1) is 6.95. The molecule has 9 heteroatoms. The molecule has 0 aliphatic heterocycles. The van der Waals surface area contributed by atoms with E-state index < -0.39 is 20.8 Å². The largest absolute Gasteiger partial charge is 0.333 e. The molecule has 0 radical (unpaired) electrons. The molecule has 0 spiro atoms. The van der Waals surface area contributed by atoms with Crippen LogP contribution in [0.5, 0.6) is 0 Å². The third-order valence-corrected chi connectivity index (χ3v) is 3.20. The maximum atomic E-state index is 5.53. The van der Waals surface area contributed by atoms with Crippen LogP contribution < -0.4 is 0 Å². The zero-order valence-corrected chi connectivity index (χ0v) is 11.8. The second kappa shape index (κ2) is 9.63. The van der Waals surface area contributed by atoms with Gasteiger partial charge in [0.25, 0.3) is 0 Å². The Morgan fingerprint density at radius 1 is 0.667 bits per heavy atom. The van der Waals surface area contributed by atoms with Crippen LogP contribution in [0.15, 0.2) is 0 Å². The lowest BCUT2D eigenvalue weighted by atomic mass is 10.8. The molecule has 0 amide bonds. The Balaban J connectivity index is 3.32. The molecule has 15 heavy (non-hydrogen) atoms. The first-order valence-corrected chi connectivity index (χ1v) is 6.22. The van der Waals surface area contributed by atoms with Crippen molar-refractivity contribution in [1.82, 2.24) is 0 Å². The predicted octanol–water partition coefficient (Wildman–Crippen LogP) is 3.69. The number of rotatable bonds is 8. The van der Waals surface area contributed by atoms with Crippen LogP contribution in [0.25, 0.3) is 0 Å². The lowest BCUT2D eigenvalue weighted by molar-refractivity contribution is -0.139. The zero-order chi connectivity index (χ0) is 11.8. The van der Waals surface area contributed by atoms with Crippen molar-refractivity contribution < 1.29 is 14.2 Å². The fourth-order valence-corrected chi connectivity index (χ4v) is 0.800. The Labute approximate surface area is 118 Å². The van der Waals surface area contributed by atoms with Crippen LogP contribution in [-0.2, 0) is 14.2 Å². The number of ether oxygens (including phenoxy) is 3. The Kier molecular flexibility index (Phi) is 10.7. The highest BCUT2D eigenvalue weighted by Gasteiger charge is 2.15. The number of hydrogen-bond donors (Lipinski definition) is 0. The van der Waals surface area contributed by atoms with Crippen LogP contribution in [0.4, 0.5) is 0 Å². The standard InChI is InChI=1S/C6H8Cl6O3/c7-3(8)5(11)14-1-13-2-15-6(12)4(9)10/h3-6H,1-2H2. The number of alkyl halides is 6. The van der Waals surface area contributed by atoms with E-state index in [4.69, 9.17) is 83.8 Å². The van der Waals surface area contributed by atoms with E-state index >= 15 is 0 Å². The van der Waals surface area contributed by atoms with Crippen molar-refractivity contribution in [2.45, 2.75) is 20.8 Å². The van der Waals surface area contributed by atoms with Crippen molar-refractivity contribution in [1.29, 1.82) is 0 Å². The smallest absolute Gasteiger partial charge is 0.163 e. The highest BCUT2D eigenvalue weighted by Crippen LogP contribution is 2.16. The van der Waals surface area contributed by atoms with Gasteiger partial charge >= 0.3 is 0 Å². The highest BCUT2D eigenvalue weighted by molar-refractivity contribution is 6.48. The van der Waals surface area contributed by atoms with Gasteiger partial charge in [-0.3, -0.25) is 0 Å². The van der Waals surface area contributed by atoms with Gasteiger partial charge in [0.15, 0.2) is 24.7 Å². The van der Waals surface area contributed by atoms with Crippen molar-refractivity contribution in [2.24, 2.45) is 0 Å². The molecule has 0 fully saturated rings. The van der Waals surface area contributed by atoms with Crippen molar-refractivity contribution in [3.05, 3.63) is 0 Å². The molecule has 0 N–H and O–H groups in total. The Morgan fingerprint density at radius 3 is 1.27 bits per heavy atom. The maximum absolute atomic E-state index is 5.53. The molecule has 0 aliphatic carbocycles. The van der Waals surface area contributed by atoms with E-state index in [0.717, 1.165) is 0 Å². The van der Waals surface area contributed by atoms with E-state index in [0.29, 0.717) is 0 Å². The second-order valence-electron chi connectivity index (χ2n) is 2.14. The molecule has 0 saturated heterocycles. The van der Waals surface area contributed by atoms with E-state index in [-0.39, 0.29) is 13.6 Å². The van der Waals surface area contributed by atoms with Gasteiger partial charge in [0.05, 0.1) is 0 Å². The highest BCUT2D eigenvalue weighted by atomic mass is 35.5. The third kappa shape index (κ3) is 9.33. The molecule has 0 heterocycles. The predicted molar refractivity (Wildman–Crippen MR) is 63.3 cm³/mol. The molecule has 2 atom stereocenters. The zero-order valence-electron chi connectivity index (χ0n) is 7.22. The second-order valence-corrected chi connectivity index (χ2v) is 5.33. The molecule has 0 bridgehead atoms. The molecular formula is C6H8Cl6O3. The summed E-state index contributed by atoms with van der Waals surface area (Å²) in [7, 11) is 0. The van der Waals surface area contributed by atoms with E-state index in [1.807, 2.05) is 0 Å². The fraction of sp³-hybridized carbons (Fsp3) is 1.00. The summed E-state index contributed by atoms with van der Waals surface area (Å²) in [6, 6.07) is 0. The van der Waals surface area contributed by atoms with Gasteiger partial charge in [-0.2, -0.15) is 0 Å². The van der Waals surface area contributed by atoms with E-state index in [9.17, 15) is 0 Å². The van der Waals surface area contributed by atoms with E-state index in [2.05, 4.69) is 0 Å². The van der Waals surface area contributed by atoms with Crippen LogP contribution >= 0.6 is 69.6 Å². The van der Waals surface area contributed by atoms with Crippen molar-refractivity contribution in [2.75, 3.05) is 13.6 Å². The normalized spacial score (nSPS) is 16.0. The van der Waals surface area contributed by atoms with Crippen molar-refractivity contribution in [3.8, 4) is 0 Å². The molecular weight excluding hydrogens is 333 g/mol. The fourth-order valence-electron chi connectivity index (χ4n) is 0.406. The molecule has 2 unspecified atom stereocenters. The Bertz CT molecular complexity index is 142. The topological polar surface area (TPSA) is 27.7 Å². The van der Waals surface area contributed by atoms with Crippen LogP contribution in [0.1, 0.15) is 0 Å². The maximum Gasteiger partial charge on any atom is 0.163 e. The third-order valence-electron chi connectivity index (χ3n) is 1.02. The van der Waals surface area contributed by atoms with Crippen LogP contribution in [0.2, 0.25) is 0 Å². The van der Waals surface area contributed by atoms with Gasteiger partial charge in [0.2, 0.25) is 0 Å². The van der Waals surface area contributed by atoms with E-state index in [1.54, 1.807) is 0 Å². The molecule has 0 saturated carbocycles. The van der Waals surface area contributed by atoms with Crippen LogP contribution in [-0.4, -0.2) is 34.4 Å². The summed E-state index contributed by atoms with van der Waals surface area (Å²) in [5.41, 5.74) is -1.71. The van der Waals surface area contributed by atoms with Crippen molar-refractivity contribution in [3.63, 3.8) is 0 Å². The summed E-state index contributed by atoms with van der Waals surface area (Å²) in [5, 5.41) is 0. The van der Waals surface area contributed by atoms with Gasteiger partial charge in [-0.25, -0.2) is 0 Å². The SMILES string of the molecule is ClC(Cl)C(Cl)OCOCOC(Cl)C(Cl)Cl. The number of hydrogen-bond acceptors (Lipinski definition) is 3. The average Bonchev–Trinajstić information content (AvgIpc) is 2.16. The summed E-state index contributed by atoms with van der Waals surface area (Å²) in [4.78, 5) is -1.68. The molecule has 92 valence electrons. The summed E-state index contributed by atoms with van der Waals surface area (Å²) >= 11 is 32.7. The minimum Gasteiger partial charge on any atom is -0.333 e. The molecule has 3 nitrogen and oxygen atoms in total. The summed E-state index contributed by atoms with van der Waals surface area (Å²) < 4.78 is 14.5. The van der Waals surface area contributed by atoms with Gasteiger partial charge in [-0.1, -0.05) is 23.2 Å². The monoisotopic (exact) mass is 338 g/mol. The molecule has 0 aromatic carbocycles. The van der Waals surface area contributed by atoms with Gasteiger partial charge in [-0.15, -0.1) is 46.4 Å². The minimum absolute atomic E-state index is 0.136. The first-order valence-electron chi connectivity index (χ1n) is 3.60. The first kappa shape index (κ1) is 16.6. The average molecular weight is 341 g/mol. The summed E-state index contributed by atoms with van der Waals surface area (Å²) in [5.74, 6) is 0. The van der Waals surface area contributed by atoms with Crippen molar-refractivity contribution >= 4 is 69.6 Å². The van der Waals surface area contributed by atoms with Crippen LogP contribution in [0.3, 0.4) is 0 Å². The van der Waals surface area contributed by atoms with Gasteiger partial charge < -0.3 is 14.2 Å². The quantitative estimate of drug-likeness (QED) is 0.383. The minimum atomic E-state index is -0.853. The van der Waals surface area contributed by atoms with Gasteiger partial charge in [-0.05, 0) is 0 Å². The van der Waals surface area contributed by atoms with E-state index in [1.165, 1.54) is 0 Å². The Morgan fingerprint density at radius 2 is 1.00 bits per heavy atom. The lowest BCUT2D eigenvalue weighted by Gasteiger charge is -2.14. The molecule has 0 aromatic rings. The summed E-state index contributed by atoms with van der Waals surface area (Å²) in [6.45, 7) is -0.272. The molecule has 0 rings (SSSR count).